The fraction of sp³-hybridized carbons (Fsp3) is 0.929. The molecule has 3 fully saturated rings. The zero-order valence-electron chi connectivity index (χ0n) is 13.0. The minimum absolute atomic E-state index is 0.328. The van der Waals surface area contributed by atoms with Gasteiger partial charge in [-0.15, -0.1) is 0 Å². The van der Waals surface area contributed by atoms with Crippen LogP contribution in [-0.4, -0.2) is 54.9 Å². The van der Waals surface area contributed by atoms with Crippen LogP contribution in [0.25, 0.3) is 0 Å². The van der Waals surface area contributed by atoms with Crippen LogP contribution in [0.2, 0.25) is 0 Å². The van der Waals surface area contributed by atoms with Crippen molar-refractivity contribution in [3.05, 3.63) is 0 Å². The highest BCUT2D eigenvalue weighted by atomic mass is 16.8. The van der Waals surface area contributed by atoms with E-state index in [4.69, 9.17) is 28.4 Å². The molecule has 3 aliphatic rings. The summed E-state index contributed by atoms with van der Waals surface area (Å²) in [5, 5.41) is 0. The van der Waals surface area contributed by atoms with Crippen LogP contribution in [0, 0.1) is 0 Å². The Kier molecular flexibility index (Phi) is 3.53. The molecular weight excluding hydrogens is 280 g/mol. The van der Waals surface area contributed by atoms with Gasteiger partial charge in [-0.2, -0.15) is 0 Å². The van der Waals surface area contributed by atoms with Gasteiger partial charge in [-0.3, -0.25) is 4.79 Å². The monoisotopic (exact) mass is 302 g/mol. The van der Waals surface area contributed by atoms with Gasteiger partial charge in [0.15, 0.2) is 30.1 Å². The highest BCUT2D eigenvalue weighted by Crippen LogP contribution is 2.41. The van der Waals surface area contributed by atoms with Crippen LogP contribution in [0.15, 0.2) is 0 Å². The molecular formula is C14H22O7. The second-order valence-corrected chi connectivity index (χ2v) is 6.51. The summed E-state index contributed by atoms with van der Waals surface area (Å²) in [4.78, 5) is 11.4. The number of hydrogen-bond acceptors (Lipinski definition) is 7. The molecule has 120 valence electrons. The Balaban J connectivity index is 1.77. The summed E-state index contributed by atoms with van der Waals surface area (Å²) in [5.74, 6) is -1.82. The molecule has 0 N–H and O–H groups in total. The predicted molar refractivity (Wildman–Crippen MR) is 69.2 cm³/mol. The first-order valence-corrected chi connectivity index (χ1v) is 7.17. The van der Waals surface area contributed by atoms with E-state index in [0.717, 1.165) is 0 Å². The van der Waals surface area contributed by atoms with Crippen molar-refractivity contribution in [2.45, 2.75) is 76.9 Å². The molecule has 3 saturated heterocycles. The quantitative estimate of drug-likeness (QED) is 0.703. The third kappa shape index (κ3) is 2.93. The summed E-state index contributed by atoms with van der Waals surface area (Å²) in [5.41, 5.74) is 0. The molecule has 0 amide bonds. The van der Waals surface area contributed by atoms with Crippen molar-refractivity contribution < 1.29 is 33.2 Å². The average molecular weight is 302 g/mol. The highest BCUT2D eigenvalue weighted by Gasteiger charge is 2.59. The lowest BCUT2D eigenvalue weighted by molar-refractivity contribution is -0.235. The lowest BCUT2D eigenvalue weighted by atomic mass is 10.1. The average Bonchev–Trinajstić information content (AvgIpc) is 2.90. The van der Waals surface area contributed by atoms with E-state index >= 15 is 0 Å². The molecule has 7 nitrogen and oxygen atoms in total. The van der Waals surface area contributed by atoms with Crippen LogP contribution in [0.1, 0.15) is 34.6 Å². The van der Waals surface area contributed by atoms with E-state index in [9.17, 15) is 4.79 Å². The van der Waals surface area contributed by atoms with Gasteiger partial charge in [-0.1, -0.05) is 0 Å². The number of carbonyl (C=O) groups excluding carboxylic acids is 1. The van der Waals surface area contributed by atoms with E-state index in [1.165, 1.54) is 6.92 Å². The topological polar surface area (TPSA) is 72.5 Å². The molecule has 0 radical (unpaired) electrons. The zero-order chi connectivity index (χ0) is 15.4. The molecule has 0 spiro atoms. The summed E-state index contributed by atoms with van der Waals surface area (Å²) in [6.45, 7) is 9.00. The molecule has 0 aromatic rings. The molecule has 21 heavy (non-hydrogen) atoms. The third-order valence-electron chi connectivity index (χ3n) is 3.73. The van der Waals surface area contributed by atoms with Gasteiger partial charge in [-0.25, -0.2) is 0 Å². The summed E-state index contributed by atoms with van der Waals surface area (Å²) < 4.78 is 34.2. The summed E-state index contributed by atoms with van der Waals surface area (Å²) >= 11 is 0. The molecule has 0 aromatic heterocycles. The molecule has 3 heterocycles. The van der Waals surface area contributed by atoms with E-state index in [-0.39, 0.29) is 12.1 Å². The second-order valence-electron chi connectivity index (χ2n) is 6.51. The lowest BCUT2D eigenvalue weighted by Gasteiger charge is -2.28. The SMILES string of the molecule is CC(=O)O[C@H]1[C@@H]2OC(C)(C)O[C@@H]2O[C@H]1[C@@H]1COC(C)(C)O1. The van der Waals surface area contributed by atoms with Crippen molar-refractivity contribution in [3.8, 4) is 0 Å². The maximum atomic E-state index is 11.4. The number of hydrogen-bond donors (Lipinski definition) is 0. The van der Waals surface area contributed by atoms with Crippen LogP contribution in [0.3, 0.4) is 0 Å². The number of fused-ring (bicyclic) bond motifs is 1. The van der Waals surface area contributed by atoms with E-state index in [2.05, 4.69) is 0 Å². The van der Waals surface area contributed by atoms with Gasteiger partial charge in [0.25, 0.3) is 0 Å². The van der Waals surface area contributed by atoms with E-state index in [1.807, 2.05) is 13.8 Å². The van der Waals surface area contributed by atoms with Crippen molar-refractivity contribution in [2.24, 2.45) is 0 Å². The Morgan fingerprint density at radius 1 is 1.05 bits per heavy atom. The molecule has 3 aliphatic heterocycles. The van der Waals surface area contributed by atoms with Gasteiger partial charge in [0.05, 0.1) is 6.61 Å². The van der Waals surface area contributed by atoms with Crippen molar-refractivity contribution in [1.82, 2.24) is 0 Å². The summed E-state index contributed by atoms with van der Waals surface area (Å²) in [6, 6.07) is 0. The van der Waals surface area contributed by atoms with Crippen molar-refractivity contribution in [2.75, 3.05) is 6.61 Å². The van der Waals surface area contributed by atoms with Gasteiger partial charge in [0.1, 0.15) is 12.2 Å². The van der Waals surface area contributed by atoms with Crippen molar-refractivity contribution >= 4 is 5.97 Å². The molecule has 0 aliphatic carbocycles. The number of ether oxygens (including phenoxy) is 6. The van der Waals surface area contributed by atoms with E-state index in [1.54, 1.807) is 13.8 Å². The normalized spacial score (nSPS) is 43.8. The molecule has 0 aromatic carbocycles. The van der Waals surface area contributed by atoms with E-state index in [0.29, 0.717) is 6.61 Å². The van der Waals surface area contributed by atoms with Gasteiger partial charge >= 0.3 is 5.97 Å². The Morgan fingerprint density at radius 2 is 1.76 bits per heavy atom. The fourth-order valence-corrected chi connectivity index (χ4v) is 3.01. The largest absolute Gasteiger partial charge is 0.457 e. The van der Waals surface area contributed by atoms with Gasteiger partial charge in [0, 0.05) is 6.92 Å². The molecule has 0 saturated carbocycles. The second kappa shape index (κ2) is 4.89. The van der Waals surface area contributed by atoms with E-state index < -0.39 is 36.2 Å². The van der Waals surface area contributed by atoms with Gasteiger partial charge < -0.3 is 28.4 Å². The Morgan fingerprint density at radius 3 is 2.33 bits per heavy atom. The Labute approximate surface area is 123 Å². The van der Waals surface area contributed by atoms with Crippen molar-refractivity contribution in [1.29, 1.82) is 0 Å². The lowest BCUT2D eigenvalue weighted by Crippen LogP contribution is -2.44. The first-order chi connectivity index (χ1) is 9.67. The summed E-state index contributed by atoms with van der Waals surface area (Å²) in [7, 11) is 0. The van der Waals surface area contributed by atoms with Crippen LogP contribution in [0.4, 0.5) is 0 Å². The third-order valence-corrected chi connectivity index (χ3v) is 3.73. The van der Waals surface area contributed by atoms with Gasteiger partial charge in [-0.05, 0) is 27.7 Å². The maximum absolute atomic E-state index is 11.4. The van der Waals surface area contributed by atoms with Crippen LogP contribution >= 0.6 is 0 Å². The number of esters is 1. The first kappa shape index (κ1) is 15.2. The minimum Gasteiger partial charge on any atom is -0.457 e. The standard InChI is InChI=1S/C14H22O7/c1-7(15)17-10-9(8-6-16-13(2,3)19-8)18-12-11(10)20-14(4,5)21-12/h8-12H,6H2,1-5H3/t8-,9-,10+,11-,12-/m0/s1. The predicted octanol–water partition coefficient (Wildman–Crippen LogP) is 0.946. The van der Waals surface area contributed by atoms with Crippen molar-refractivity contribution in [3.63, 3.8) is 0 Å². The smallest absolute Gasteiger partial charge is 0.303 e. The molecule has 0 unspecified atom stereocenters. The molecule has 5 atom stereocenters. The minimum atomic E-state index is -0.759. The van der Waals surface area contributed by atoms with Crippen LogP contribution in [0.5, 0.6) is 0 Å². The van der Waals surface area contributed by atoms with Gasteiger partial charge in [0.2, 0.25) is 0 Å². The fourth-order valence-electron chi connectivity index (χ4n) is 3.01. The Hall–Kier alpha value is -0.730. The highest BCUT2D eigenvalue weighted by molar-refractivity contribution is 5.66. The first-order valence-electron chi connectivity index (χ1n) is 7.17. The molecule has 0 bridgehead atoms. The summed E-state index contributed by atoms with van der Waals surface area (Å²) in [6.07, 6.45) is -2.40. The number of carbonyl (C=O) groups is 1. The zero-order valence-corrected chi connectivity index (χ0v) is 13.0. The maximum Gasteiger partial charge on any atom is 0.303 e. The number of rotatable bonds is 2. The van der Waals surface area contributed by atoms with Crippen LogP contribution < -0.4 is 0 Å². The van der Waals surface area contributed by atoms with Crippen LogP contribution in [-0.2, 0) is 33.2 Å². The molecule has 7 heteroatoms. The molecule has 3 rings (SSSR count). The Bertz CT molecular complexity index is 433.